The smallest absolute Gasteiger partial charge is 0.411 e. The molecule has 2 amide bonds. The van der Waals surface area contributed by atoms with Crippen molar-refractivity contribution in [2.45, 2.75) is 71.2 Å². The number of nitrogens with one attached hydrogen (secondary N) is 1. The van der Waals surface area contributed by atoms with E-state index in [1.54, 1.807) is 20.8 Å². The summed E-state index contributed by atoms with van der Waals surface area (Å²) in [5.41, 5.74) is -0.623. The third-order valence-electron chi connectivity index (χ3n) is 3.21. The summed E-state index contributed by atoms with van der Waals surface area (Å²) in [6, 6.07) is -0.616. The summed E-state index contributed by atoms with van der Waals surface area (Å²) < 4.78 is 5.28. The minimum absolute atomic E-state index is 0.0423. The third-order valence-corrected chi connectivity index (χ3v) is 3.21. The Kier molecular flexibility index (Phi) is 5.39. The maximum Gasteiger partial charge on any atom is 0.411 e. The predicted molar refractivity (Wildman–Crippen MR) is 75.2 cm³/mol. The van der Waals surface area contributed by atoms with Gasteiger partial charge in [0.15, 0.2) is 0 Å². The van der Waals surface area contributed by atoms with Crippen LogP contribution in [0.25, 0.3) is 0 Å². The molecule has 0 bridgehead atoms. The maximum absolute atomic E-state index is 12.2. The quantitative estimate of drug-likeness (QED) is 0.819. The Bertz CT molecular complexity index is 365. The number of aliphatic hydroxyl groups is 1. The van der Waals surface area contributed by atoms with Crippen molar-refractivity contribution in [3.8, 4) is 0 Å². The molecule has 0 aromatic heterocycles. The van der Waals surface area contributed by atoms with E-state index in [9.17, 15) is 14.7 Å². The number of aliphatic hydroxyl groups excluding tert-OH is 1. The molecule has 1 fully saturated rings. The number of amides is 2. The van der Waals surface area contributed by atoms with E-state index in [0.29, 0.717) is 0 Å². The zero-order chi connectivity index (χ0) is 15.5. The van der Waals surface area contributed by atoms with Crippen molar-refractivity contribution in [3.63, 3.8) is 0 Å². The van der Waals surface area contributed by atoms with Gasteiger partial charge in [0, 0.05) is 12.5 Å². The van der Waals surface area contributed by atoms with Gasteiger partial charge < -0.3 is 15.2 Å². The van der Waals surface area contributed by atoms with Crippen LogP contribution in [-0.4, -0.2) is 52.3 Å². The summed E-state index contributed by atoms with van der Waals surface area (Å²) in [4.78, 5) is 25.6. The van der Waals surface area contributed by atoms with Gasteiger partial charge in [-0.1, -0.05) is 6.92 Å². The number of ether oxygens (including phenoxy) is 1. The normalized spacial score (nSPS) is 24.4. The fourth-order valence-electron chi connectivity index (χ4n) is 2.03. The molecule has 0 saturated carbocycles. The number of likely N-dealkylation sites (tertiary alicyclic amines) is 1. The average Bonchev–Trinajstić information content (AvgIpc) is 2.69. The molecule has 1 saturated heterocycles. The summed E-state index contributed by atoms with van der Waals surface area (Å²) in [6.45, 7) is 9.32. The molecule has 1 heterocycles. The van der Waals surface area contributed by atoms with Crippen molar-refractivity contribution >= 4 is 12.0 Å². The number of β-amino-alcohol motifs (C(OH)–C–C–N with tert-alkyl or cyclic N) is 1. The van der Waals surface area contributed by atoms with Crippen molar-refractivity contribution in [1.82, 2.24) is 10.2 Å². The van der Waals surface area contributed by atoms with Gasteiger partial charge in [0.25, 0.3) is 0 Å². The largest absolute Gasteiger partial charge is 0.444 e. The molecule has 0 spiro atoms. The molecule has 1 aliphatic heterocycles. The average molecular weight is 286 g/mol. The van der Waals surface area contributed by atoms with E-state index in [4.69, 9.17) is 4.74 Å². The Morgan fingerprint density at radius 3 is 2.55 bits per heavy atom. The topological polar surface area (TPSA) is 78.9 Å². The Labute approximate surface area is 120 Å². The van der Waals surface area contributed by atoms with E-state index in [-0.39, 0.29) is 24.9 Å². The van der Waals surface area contributed by atoms with E-state index >= 15 is 0 Å². The van der Waals surface area contributed by atoms with Gasteiger partial charge in [0.1, 0.15) is 11.6 Å². The lowest BCUT2D eigenvalue weighted by atomic mass is 10.1. The van der Waals surface area contributed by atoms with Gasteiger partial charge >= 0.3 is 6.09 Å². The standard InChI is InChI=1S/C14H26N2O4/c1-6-9(2)15-12(18)11-7-10(17)8-16(11)13(19)20-14(3,4)5/h9-11,17H,6-8H2,1-5H3,(H,15,18)/t9-,10+,11-/m0/s1. The van der Waals surface area contributed by atoms with E-state index < -0.39 is 23.8 Å². The first-order chi connectivity index (χ1) is 9.14. The van der Waals surface area contributed by atoms with Gasteiger partial charge in [-0.25, -0.2) is 4.79 Å². The molecule has 20 heavy (non-hydrogen) atoms. The number of rotatable bonds is 3. The van der Waals surface area contributed by atoms with Crippen LogP contribution in [-0.2, 0) is 9.53 Å². The minimum atomic E-state index is -0.685. The molecule has 6 heteroatoms. The highest BCUT2D eigenvalue weighted by Gasteiger charge is 2.40. The van der Waals surface area contributed by atoms with Crippen molar-refractivity contribution in [2.75, 3.05) is 6.54 Å². The summed E-state index contributed by atoms with van der Waals surface area (Å²) in [6.07, 6.45) is -0.178. The molecule has 0 unspecified atom stereocenters. The number of nitrogens with zero attached hydrogens (tertiary/aromatic N) is 1. The summed E-state index contributed by atoms with van der Waals surface area (Å²) in [7, 11) is 0. The Balaban J connectivity index is 2.73. The third kappa shape index (κ3) is 4.67. The highest BCUT2D eigenvalue weighted by molar-refractivity contribution is 5.86. The lowest BCUT2D eigenvalue weighted by molar-refractivity contribution is -0.126. The van der Waals surface area contributed by atoms with Crippen LogP contribution in [0.15, 0.2) is 0 Å². The van der Waals surface area contributed by atoms with Crippen molar-refractivity contribution in [3.05, 3.63) is 0 Å². The first-order valence-corrected chi connectivity index (χ1v) is 7.12. The van der Waals surface area contributed by atoms with Gasteiger partial charge in [0.05, 0.1) is 12.6 Å². The molecule has 116 valence electrons. The number of hydrogen-bond acceptors (Lipinski definition) is 4. The first kappa shape index (κ1) is 16.8. The monoisotopic (exact) mass is 286 g/mol. The molecule has 2 N–H and O–H groups in total. The van der Waals surface area contributed by atoms with Gasteiger partial charge in [-0.3, -0.25) is 9.69 Å². The molecule has 0 aromatic carbocycles. The molecule has 6 nitrogen and oxygen atoms in total. The molecule has 3 atom stereocenters. The van der Waals surface area contributed by atoms with Crippen LogP contribution in [0.1, 0.15) is 47.5 Å². The lowest BCUT2D eigenvalue weighted by Gasteiger charge is -2.28. The molecular formula is C14H26N2O4. The van der Waals surface area contributed by atoms with Crippen molar-refractivity contribution in [2.24, 2.45) is 0 Å². The molecule has 0 radical (unpaired) electrons. The van der Waals surface area contributed by atoms with Crippen LogP contribution in [0.4, 0.5) is 4.79 Å². The van der Waals surface area contributed by atoms with E-state index in [2.05, 4.69) is 5.32 Å². The van der Waals surface area contributed by atoms with Gasteiger partial charge in [0.2, 0.25) is 5.91 Å². The van der Waals surface area contributed by atoms with Crippen LogP contribution in [0, 0.1) is 0 Å². The van der Waals surface area contributed by atoms with Gasteiger partial charge in [-0.2, -0.15) is 0 Å². The molecule has 1 rings (SSSR count). The lowest BCUT2D eigenvalue weighted by Crippen LogP contribution is -2.49. The van der Waals surface area contributed by atoms with E-state index in [1.165, 1.54) is 4.90 Å². The maximum atomic E-state index is 12.2. The Morgan fingerprint density at radius 1 is 1.45 bits per heavy atom. The van der Waals surface area contributed by atoms with E-state index in [1.807, 2.05) is 13.8 Å². The highest BCUT2D eigenvalue weighted by Crippen LogP contribution is 2.21. The van der Waals surface area contributed by atoms with Crippen LogP contribution in [0.2, 0.25) is 0 Å². The molecule has 1 aliphatic rings. The van der Waals surface area contributed by atoms with Crippen LogP contribution < -0.4 is 5.32 Å². The van der Waals surface area contributed by atoms with Gasteiger partial charge in [-0.15, -0.1) is 0 Å². The van der Waals surface area contributed by atoms with Gasteiger partial charge in [-0.05, 0) is 34.1 Å². The van der Waals surface area contributed by atoms with Crippen molar-refractivity contribution < 1.29 is 19.4 Å². The second kappa shape index (κ2) is 6.43. The second-order valence-electron chi connectivity index (χ2n) is 6.36. The van der Waals surface area contributed by atoms with Crippen LogP contribution >= 0.6 is 0 Å². The molecule has 0 aliphatic carbocycles. The SMILES string of the molecule is CC[C@H](C)NC(=O)[C@@H]1C[C@@H](O)CN1C(=O)OC(C)(C)C. The summed E-state index contributed by atoms with van der Waals surface area (Å²) in [5, 5.41) is 12.6. The molecular weight excluding hydrogens is 260 g/mol. The zero-order valence-electron chi connectivity index (χ0n) is 13.0. The fraction of sp³-hybridized carbons (Fsp3) is 0.857. The minimum Gasteiger partial charge on any atom is -0.444 e. The number of carbonyl (C=O) groups is 2. The highest BCUT2D eigenvalue weighted by atomic mass is 16.6. The van der Waals surface area contributed by atoms with Crippen LogP contribution in [0.3, 0.4) is 0 Å². The molecule has 0 aromatic rings. The van der Waals surface area contributed by atoms with Crippen LogP contribution in [0.5, 0.6) is 0 Å². The summed E-state index contributed by atoms with van der Waals surface area (Å²) in [5.74, 6) is -0.234. The number of hydrogen-bond donors (Lipinski definition) is 2. The van der Waals surface area contributed by atoms with Crippen molar-refractivity contribution in [1.29, 1.82) is 0 Å². The Hall–Kier alpha value is -1.30. The first-order valence-electron chi connectivity index (χ1n) is 7.12. The fourth-order valence-corrected chi connectivity index (χ4v) is 2.03. The Morgan fingerprint density at radius 2 is 2.05 bits per heavy atom. The summed E-state index contributed by atoms with van der Waals surface area (Å²) >= 11 is 0. The number of carbonyl (C=O) groups excluding carboxylic acids is 2. The second-order valence-corrected chi connectivity index (χ2v) is 6.36. The zero-order valence-corrected chi connectivity index (χ0v) is 13.0. The van der Waals surface area contributed by atoms with E-state index in [0.717, 1.165) is 6.42 Å². The predicted octanol–water partition coefficient (Wildman–Crippen LogP) is 1.27.